The molecule has 0 spiro atoms. The normalized spacial score (nSPS) is 10.9. The van der Waals surface area contributed by atoms with Crippen molar-refractivity contribution in [3.05, 3.63) is 93.0 Å². The predicted octanol–water partition coefficient (Wildman–Crippen LogP) is 2.59. The van der Waals surface area contributed by atoms with Crippen molar-refractivity contribution in [3.63, 3.8) is 0 Å². The van der Waals surface area contributed by atoms with Gasteiger partial charge < -0.3 is 9.72 Å². The van der Waals surface area contributed by atoms with Crippen LogP contribution in [0.3, 0.4) is 0 Å². The average molecular weight is 333 g/mol. The molecule has 2 N–H and O–H groups in total. The van der Waals surface area contributed by atoms with Gasteiger partial charge in [-0.25, -0.2) is 4.68 Å². The number of aromatic nitrogens is 3. The molecule has 2 heterocycles. The molecule has 0 radical (unpaired) electrons. The minimum absolute atomic E-state index is 0.104. The smallest absolute Gasteiger partial charge is 0.284 e. The number of hydrogen-bond acceptors (Lipinski definition) is 3. The Bertz CT molecular complexity index is 1130. The molecular formula is C19H15N3O3. The highest BCUT2D eigenvalue weighted by Crippen LogP contribution is 2.12. The summed E-state index contributed by atoms with van der Waals surface area (Å²) in [5.74, 6) is 0.707. The van der Waals surface area contributed by atoms with Gasteiger partial charge in [0.2, 0.25) is 0 Å². The van der Waals surface area contributed by atoms with Crippen LogP contribution in [0.5, 0.6) is 5.75 Å². The summed E-state index contributed by atoms with van der Waals surface area (Å²) in [5, 5.41) is 3.06. The number of benzene rings is 2. The zero-order valence-electron chi connectivity index (χ0n) is 13.2. The number of pyridine rings is 1. The molecule has 124 valence electrons. The van der Waals surface area contributed by atoms with Gasteiger partial charge in [0.1, 0.15) is 23.4 Å². The van der Waals surface area contributed by atoms with Gasteiger partial charge in [-0.3, -0.25) is 14.7 Å². The quantitative estimate of drug-likeness (QED) is 0.602. The number of H-pyrrole nitrogens is 2. The minimum atomic E-state index is -0.377. The summed E-state index contributed by atoms with van der Waals surface area (Å²) in [5.41, 5.74) is 0.920. The summed E-state index contributed by atoms with van der Waals surface area (Å²) < 4.78 is 7.00. The molecule has 0 unspecified atom stereocenters. The van der Waals surface area contributed by atoms with E-state index in [9.17, 15) is 9.59 Å². The first-order valence-corrected chi connectivity index (χ1v) is 7.82. The van der Waals surface area contributed by atoms with Crippen molar-refractivity contribution in [2.75, 3.05) is 0 Å². The first-order valence-electron chi connectivity index (χ1n) is 7.82. The minimum Gasteiger partial charge on any atom is -0.487 e. The van der Waals surface area contributed by atoms with Gasteiger partial charge in [0, 0.05) is 6.07 Å². The van der Waals surface area contributed by atoms with Crippen LogP contribution < -0.4 is 15.7 Å². The molecule has 25 heavy (non-hydrogen) atoms. The van der Waals surface area contributed by atoms with Crippen LogP contribution in [0.1, 0.15) is 5.69 Å². The van der Waals surface area contributed by atoms with Crippen LogP contribution in [0.25, 0.3) is 16.7 Å². The summed E-state index contributed by atoms with van der Waals surface area (Å²) in [6.07, 6.45) is 0. The largest absolute Gasteiger partial charge is 0.487 e. The van der Waals surface area contributed by atoms with Gasteiger partial charge >= 0.3 is 0 Å². The maximum atomic E-state index is 12.5. The van der Waals surface area contributed by atoms with E-state index in [0.29, 0.717) is 22.8 Å². The summed E-state index contributed by atoms with van der Waals surface area (Å²) >= 11 is 0. The van der Waals surface area contributed by atoms with Crippen LogP contribution in [0.4, 0.5) is 0 Å². The standard InChI is InChI=1S/C19H15N3O3/c23-16-11-13(12-25-15-9-5-2-6-10-15)20-18-17(16)19(24)22(21-18)14-7-3-1-4-8-14/h1-11H,12H2,(H2,20,21,23). The van der Waals surface area contributed by atoms with Gasteiger partial charge in [-0.2, -0.15) is 0 Å². The lowest BCUT2D eigenvalue weighted by Crippen LogP contribution is -2.18. The molecule has 0 aliphatic rings. The van der Waals surface area contributed by atoms with Crippen LogP contribution >= 0.6 is 0 Å². The van der Waals surface area contributed by atoms with Crippen LogP contribution in [0.15, 0.2) is 76.3 Å². The number of hydrogen-bond donors (Lipinski definition) is 2. The summed E-state index contributed by atoms with van der Waals surface area (Å²) in [4.78, 5) is 28.0. The Balaban J connectivity index is 1.73. The Morgan fingerprint density at radius 2 is 1.60 bits per heavy atom. The molecule has 0 saturated carbocycles. The maximum absolute atomic E-state index is 12.5. The lowest BCUT2D eigenvalue weighted by molar-refractivity contribution is 0.301. The van der Waals surface area contributed by atoms with Gasteiger partial charge in [-0.15, -0.1) is 0 Å². The van der Waals surface area contributed by atoms with E-state index in [1.807, 2.05) is 48.5 Å². The van der Waals surface area contributed by atoms with E-state index in [-0.39, 0.29) is 23.0 Å². The molecule has 4 rings (SSSR count). The van der Waals surface area contributed by atoms with Crippen molar-refractivity contribution >= 4 is 11.0 Å². The number of ether oxygens (including phenoxy) is 1. The fourth-order valence-electron chi connectivity index (χ4n) is 2.70. The Morgan fingerprint density at radius 1 is 0.920 bits per heavy atom. The molecule has 2 aromatic carbocycles. The second-order valence-electron chi connectivity index (χ2n) is 5.60. The predicted molar refractivity (Wildman–Crippen MR) is 95.3 cm³/mol. The van der Waals surface area contributed by atoms with Crippen LogP contribution in [0.2, 0.25) is 0 Å². The van der Waals surface area contributed by atoms with Gasteiger partial charge in [-0.05, 0) is 24.3 Å². The van der Waals surface area contributed by atoms with E-state index in [1.54, 1.807) is 12.1 Å². The highest BCUT2D eigenvalue weighted by Gasteiger charge is 2.13. The van der Waals surface area contributed by atoms with E-state index < -0.39 is 0 Å². The first kappa shape index (κ1) is 15.0. The van der Waals surface area contributed by atoms with Crippen molar-refractivity contribution in [2.24, 2.45) is 0 Å². The van der Waals surface area contributed by atoms with Crippen molar-refractivity contribution < 1.29 is 4.74 Å². The van der Waals surface area contributed by atoms with Gasteiger partial charge in [0.15, 0.2) is 5.43 Å². The molecule has 0 bridgehead atoms. The number of para-hydroxylation sites is 2. The van der Waals surface area contributed by atoms with Gasteiger partial charge in [0.25, 0.3) is 5.56 Å². The van der Waals surface area contributed by atoms with Gasteiger partial charge in [0.05, 0.1) is 11.4 Å². The Hall–Kier alpha value is -3.54. The van der Waals surface area contributed by atoms with Crippen LogP contribution in [0, 0.1) is 0 Å². The Kier molecular flexibility index (Phi) is 3.70. The third-order valence-corrected chi connectivity index (χ3v) is 3.88. The van der Waals surface area contributed by atoms with E-state index in [1.165, 1.54) is 10.7 Å². The third kappa shape index (κ3) is 2.85. The number of nitrogens with zero attached hydrogens (tertiary/aromatic N) is 1. The van der Waals surface area contributed by atoms with Crippen LogP contribution in [-0.2, 0) is 6.61 Å². The monoisotopic (exact) mass is 333 g/mol. The van der Waals surface area contributed by atoms with Crippen LogP contribution in [-0.4, -0.2) is 14.8 Å². The maximum Gasteiger partial charge on any atom is 0.284 e. The first-order chi connectivity index (χ1) is 12.2. The molecule has 0 saturated heterocycles. The topological polar surface area (TPSA) is 79.9 Å². The third-order valence-electron chi connectivity index (χ3n) is 3.88. The molecule has 4 aromatic rings. The van der Waals surface area contributed by atoms with E-state index in [4.69, 9.17) is 4.74 Å². The van der Waals surface area contributed by atoms with Crippen molar-refractivity contribution in [2.45, 2.75) is 6.61 Å². The SMILES string of the molecule is O=c1cc(COc2ccccc2)[nH]c2[nH]n(-c3ccccc3)c(=O)c12. The number of nitrogens with one attached hydrogen (secondary N) is 2. The molecule has 0 amide bonds. The van der Waals surface area contributed by atoms with Gasteiger partial charge in [-0.1, -0.05) is 36.4 Å². The van der Waals surface area contributed by atoms with Crippen molar-refractivity contribution in [3.8, 4) is 11.4 Å². The highest BCUT2D eigenvalue weighted by atomic mass is 16.5. The zero-order valence-corrected chi connectivity index (χ0v) is 13.2. The fourth-order valence-corrected chi connectivity index (χ4v) is 2.70. The second kappa shape index (κ2) is 6.16. The molecule has 0 atom stereocenters. The highest BCUT2D eigenvalue weighted by molar-refractivity contribution is 5.74. The lowest BCUT2D eigenvalue weighted by atomic mass is 10.3. The number of aromatic amines is 2. The molecule has 2 aromatic heterocycles. The Morgan fingerprint density at radius 3 is 2.32 bits per heavy atom. The summed E-state index contributed by atoms with van der Waals surface area (Å²) in [7, 11) is 0. The van der Waals surface area contributed by atoms with E-state index in [2.05, 4.69) is 10.1 Å². The van der Waals surface area contributed by atoms with E-state index in [0.717, 1.165) is 0 Å². The number of rotatable bonds is 4. The number of fused-ring (bicyclic) bond motifs is 1. The van der Waals surface area contributed by atoms with Crippen molar-refractivity contribution in [1.82, 2.24) is 14.8 Å². The fraction of sp³-hybridized carbons (Fsp3) is 0.0526. The molecule has 6 nitrogen and oxygen atoms in total. The zero-order chi connectivity index (χ0) is 17.2. The molecule has 6 heteroatoms. The van der Waals surface area contributed by atoms with E-state index >= 15 is 0 Å². The molecular weight excluding hydrogens is 318 g/mol. The second-order valence-corrected chi connectivity index (χ2v) is 5.60. The Labute approximate surface area is 142 Å². The molecule has 0 aliphatic carbocycles. The summed E-state index contributed by atoms with van der Waals surface area (Å²) in [6.45, 7) is 0.202. The lowest BCUT2D eigenvalue weighted by Gasteiger charge is -2.05. The molecule has 0 fully saturated rings. The summed E-state index contributed by atoms with van der Waals surface area (Å²) in [6, 6.07) is 19.8. The molecule has 0 aliphatic heterocycles. The average Bonchev–Trinajstić information content (AvgIpc) is 2.99. The van der Waals surface area contributed by atoms with Crippen molar-refractivity contribution in [1.29, 1.82) is 0 Å².